The van der Waals surface area contributed by atoms with Crippen LogP contribution in [0.5, 0.6) is 0 Å². The minimum absolute atomic E-state index is 0.0612. The number of rotatable bonds is 2. The van der Waals surface area contributed by atoms with Gasteiger partial charge in [-0.3, -0.25) is 10.1 Å². The van der Waals surface area contributed by atoms with Crippen molar-refractivity contribution in [2.24, 2.45) is 5.73 Å². The maximum atomic E-state index is 12.0. The van der Waals surface area contributed by atoms with Gasteiger partial charge in [0.1, 0.15) is 6.04 Å². The zero-order chi connectivity index (χ0) is 12.5. The number of amides is 1. The second-order valence-corrected chi connectivity index (χ2v) is 5.29. The Labute approximate surface area is 107 Å². The number of carbonyl (C=O) groups excluding carboxylic acids is 1. The lowest BCUT2D eigenvalue weighted by Gasteiger charge is -2.28. The maximum absolute atomic E-state index is 12.0. The Morgan fingerprint density at radius 1 is 1.17 bits per heavy atom. The van der Waals surface area contributed by atoms with E-state index in [0.717, 1.165) is 36.9 Å². The van der Waals surface area contributed by atoms with E-state index in [1.807, 2.05) is 24.3 Å². The topological polar surface area (TPSA) is 67.1 Å². The van der Waals surface area contributed by atoms with E-state index in [1.54, 1.807) is 0 Å². The van der Waals surface area contributed by atoms with Crippen molar-refractivity contribution in [2.45, 2.75) is 43.8 Å². The Hall–Kier alpha value is -1.39. The highest BCUT2D eigenvalue weighted by atomic mass is 16.2. The van der Waals surface area contributed by atoms with Crippen molar-refractivity contribution < 1.29 is 4.79 Å². The van der Waals surface area contributed by atoms with E-state index in [4.69, 9.17) is 5.73 Å². The van der Waals surface area contributed by atoms with Crippen LogP contribution in [-0.2, 0) is 4.79 Å². The van der Waals surface area contributed by atoms with Gasteiger partial charge in [0.25, 0.3) is 0 Å². The maximum Gasteiger partial charge on any atom is 0.246 e. The second-order valence-electron chi connectivity index (χ2n) is 5.29. The molecule has 18 heavy (non-hydrogen) atoms. The molecule has 3 rings (SSSR count). The van der Waals surface area contributed by atoms with Crippen LogP contribution in [0.1, 0.15) is 37.3 Å². The van der Waals surface area contributed by atoms with Crippen molar-refractivity contribution in [1.82, 2.24) is 5.32 Å². The van der Waals surface area contributed by atoms with Crippen molar-refractivity contribution in [3.8, 4) is 0 Å². The normalized spacial score (nSPS) is 30.9. The zero-order valence-corrected chi connectivity index (χ0v) is 10.4. The molecule has 1 atom stereocenters. The van der Waals surface area contributed by atoms with Crippen molar-refractivity contribution >= 4 is 11.6 Å². The fourth-order valence-corrected chi connectivity index (χ4v) is 2.90. The van der Waals surface area contributed by atoms with Gasteiger partial charge in [-0.1, -0.05) is 18.2 Å². The number of benzene rings is 1. The third-order valence-electron chi connectivity index (χ3n) is 3.97. The average molecular weight is 245 g/mol. The van der Waals surface area contributed by atoms with Crippen LogP contribution in [0.15, 0.2) is 24.3 Å². The van der Waals surface area contributed by atoms with Crippen LogP contribution in [0.3, 0.4) is 0 Å². The fourth-order valence-electron chi connectivity index (χ4n) is 2.90. The van der Waals surface area contributed by atoms with Crippen LogP contribution >= 0.6 is 0 Å². The predicted octanol–water partition coefficient (Wildman–Crippen LogP) is 1.54. The molecule has 1 heterocycles. The quantitative estimate of drug-likeness (QED) is 0.740. The zero-order valence-electron chi connectivity index (χ0n) is 10.4. The van der Waals surface area contributed by atoms with Crippen LogP contribution < -0.4 is 16.4 Å². The molecule has 1 unspecified atom stereocenters. The fraction of sp³-hybridized carbons (Fsp3) is 0.500. The third-order valence-corrected chi connectivity index (χ3v) is 3.97. The number of hydrogen-bond donors (Lipinski definition) is 3. The summed E-state index contributed by atoms with van der Waals surface area (Å²) in [5.74, 6) is 0.0612. The molecule has 1 aliphatic carbocycles. The Morgan fingerprint density at radius 2 is 1.89 bits per heavy atom. The lowest BCUT2D eigenvalue weighted by atomic mass is 9.91. The molecule has 0 radical (unpaired) electrons. The molecule has 4 heteroatoms. The Kier molecular flexibility index (Phi) is 3.06. The molecule has 1 aliphatic heterocycles. The van der Waals surface area contributed by atoms with Gasteiger partial charge in [-0.05, 0) is 31.7 Å². The number of hydrogen-bond acceptors (Lipinski definition) is 3. The van der Waals surface area contributed by atoms with E-state index in [0.29, 0.717) is 12.1 Å². The molecule has 0 spiro atoms. The minimum Gasteiger partial charge on any atom is -0.328 e. The molecule has 4 N–H and O–H groups in total. The van der Waals surface area contributed by atoms with Crippen molar-refractivity contribution in [2.75, 3.05) is 5.32 Å². The van der Waals surface area contributed by atoms with Gasteiger partial charge in [-0.25, -0.2) is 0 Å². The molecular weight excluding hydrogens is 226 g/mol. The first kappa shape index (κ1) is 11.7. The first-order valence-electron chi connectivity index (χ1n) is 6.65. The molecule has 0 bridgehead atoms. The minimum atomic E-state index is -0.194. The summed E-state index contributed by atoms with van der Waals surface area (Å²) in [7, 11) is 0. The van der Waals surface area contributed by atoms with E-state index in [2.05, 4.69) is 10.6 Å². The lowest BCUT2D eigenvalue weighted by molar-refractivity contribution is -0.117. The molecular formula is C14H19N3O. The summed E-state index contributed by atoms with van der Waals surface area (Å²) >= 11 is 0. The summed E-state index contributed by atoms with van der Waals surface area (Å²) < 4.78 is 0. The monoisotopic (exact) mass is 245 g/mol. The summed E-state index contributed by atoms with van der Waals surface area (Å²) in [6, 6.07) is 8.44. The summed E-state index contributed by atoms with van der Waals surface area (Å²) in [6.07, 6.45) is 4.22. The van der Waals surface area contributed by atoms with E-state index < -0.39 is 0 Å². The molecule has 1 aromatic carbocycles. The molecule has 1 fully saturated rings. The Bertz CT molecular complexity index is 452. The van der Waals surface area contributed by atoms with Crippen LogP contribution in [0.4, 0.5) is 5.69 Å². The van der Waals surface area contributed by atoms with Crippen LogP contribution in [-0.4, -0.2) is 18.0 Å². The third kappa shape index (κ3) is 2.13. The van der Waals surface area contributed by atoms with Gasteiger partial charge in [0, 0.05) is 23.3 Å². The smallest absolute Gasteiger partial charge is 0.246 e. The number of nitrogens with two attached hydrogens (primary N) is 1. The van der Waals surface area contributed by atoms with Gasteiger partial charge < -0.3 is 11.1 Å². The molecule has 1 aromatic rings. The molecule has 4 nitrogen and oxygen atoms in total. The van der Waals surface area contributed by atoms with Crippen LogP contribution in [0.25, 0.3) is 0 Å². The van der Waals surface area contributed by atoms with Gasteiger partial charge in [-0.2, -0.15) is 0 Å². The van der Waals surface area contributed by atoms with Gasteiger partial charge in [0.2, 0.25) is 5.91 Å². The summed E-state index contributed by atoms with van der Waals surface area (Å²) in [5.41, 5.74) is 7.91. The van der Waals surface area contributed by atoms with Gasteiger partial charge in [0.15, 0.2) is 0 Å². The SMILES string of the molecule is NC1CCC(NC2C(=O)Nc3ccccc32)CC1. The number of carbonyl (C=O) groups is 1. The number of para-hydroxylation sites is 1. The molecule has 1 saturated carbocycles. The lowest BCUT2D eigenvalue weighted by Crippen LogP contribution is -2.41. The number of nitrogens with one attached hydrogen (secondary N) is 2. The van der Waals surface area contributed by atoms with E-state index >= 15 is 0 Å². The highest BCUT2D eigenvalue weighted by Crippen LogP contribution is 2.31. The predicted molar refractivity (Wildman–Crippen MR) is 71.2 cm³/mol. The molecule has 96 valence electrons. The highest BCUT2D eigenvalue weighted by molar-refractivity contribution is 6.02. The van der Waals surface area contributed by atoms with Crippen molar-refractivity contribution in [3.05, 3.63) is 29.8 Å². The van der Waals surface area contributed by atoms with Gasteiger partial charge in [0.05, 0.1) is 0 Å². The largest absolute Gasteiger partial charge is 0.328 e. The van der Waals surface area contributed by atoms with E-state index in [-0.39, 0.29) is 11.9 Å². The summed E-state index contributed by atoms with van der Waals surface area (Å²) in [5, 5.41) is 6.40. The first-order valence-corrected chi connectivity index (χ1v) is 6.65. The summed E-state index contributed by atoms with van der Waals surface area (Å²) in [4.78, 5) is 12.0. The highest BCUT2D eigenvalue weighted by Gasteiger charge is 2.32. The number of anilines is 1. The Balaban J connectivity index is 1.71. The molecule has 2 aliphatic rings. The van der Waals surface area contributed by atoms with E-state index in [9.17, 15) is 4.79 Å². The second kappa shape index (κ2) is 4.71. The molecule has 0 saturated heterocycles. The first-order chi connectivity index (χ1) is 8.74. The standard InChI is InChI=1S/C14H19N3O/c15-9-5-7-10(8-6-9)16-13-11-3-1-2-4-12(11)17-14(13)18/h1-4,9-10,13,16H,5-8,15H2,(H,17,18). The van der Waals surface area contributed by atoms with Crippen LogP contribution in [0, 0.1) is 0 Å². The van der Waals surface area contributed by atoms with Gasteiger partial charge in [-0.15, -0.1) is 0 Å². The Morgan fingerprint density at radius 3 is 2.67 bits per heavy atom. The van der Waals surface area contributed by atoms with Crippen molar-refractivity contribution in [3.63, 3.8) is 0 Å². The van der Waals surface area contributed by atoms with Crippen molar-refractivity contribution in [1.29, 1.82) is 0 Å². The van der Waals surface area contributed by atoms with Crippen LogP contribution in [0.2, 0.25) is 0 Å². The number of fused-ring (bicyclic) bond motifs is 1. The average Bonchev–Trinajstić information content (AvgIpc) is 2.69. The van der Waals surface area contributed by atoms with Gasteiger partial charge >= 0.3 is 0 Å². The molecule has 1 amide bonds. The molecule has 0 aromatic heterocycles. The van der Waals surface area contributed by atoms with E-state index in [1.165, 1.54) is 0 Å². The summed E-state index contributed by atoms with van der Waals surface area (Å²) in [6.45, 7) is 0.